The maximum Gasteiger partial charge on any atom is 0.264 e. The van der Waals surface area contributed by atoms with E-state index in [1.54, 1.807) is 16.4 Å². The quantitative estimate of drug-likeness (QED) is 0.783. The molecule has 3 aliphatic rings. The Morgan fingerprint density at radius 1 is 1.00 bits per heavy atom. The molecule has 1 aliphatic heterocycles. The highest BCUT2D eigenvalue weighted by Gasteiger charge is 2.49. The van der Waals surface area contributed by atoms with Crippen LogP contribution in [0.2, 0.25) is 0 Å². The summed E-state index contributed by atoms with van der Waals surface area (Å²) in [6.45, 7) is 2.60. The van der Waals surface area contributed by atoms with Crippen LogP contribution < -0.4 is 0 Å². The van der Waals surface area contributed by atoms with Crippen molar-refractivity contribution in [1.82, 2.24) is 4.31 Å². The second-order valence-corrected chi connectivity index (χ2v) is 9.73. The van der Waals surface area contributed by atoms with Crippen molar-refractivity contribution in [1.29, 1.82) is 0 Å². The van der Waals surface area contributed by atoms with Gasteiger partial charge in [0.1, 0.15) is 0 Å². The maximum absolute atomic E-state index is 13.4. The molecule has 2 aromatic rings. The fourth-order valence-corrected chi connectivity index (χ4v) is 6.73. The first-order valence-electron chi connectivity index (χ1n) is 9.45. The van der Waals surface area contributed by atoms with E-state index in [1.807, 2.05) is 25.1 Å². The first kappa shape index (κ1) is 16.1. The van der Waals surface area contributed by atoms with Crippen LogP contribution in [0.25, 0.3) is 6.08 Å². The third kappa shape index (κ3) is 2.28. The highest BCUT2D eigenvalue weighted by Crippen LogP contribution is 2.55. The molecule has 2 aliphatic carbocycles. The predicted octanol–water partition coefficient (Wildman–Crippen LogP) is 4.55. The van der Waals surface area contributed by atoms with Crippen LogP contribution in [-0.4, -0.2) is 19.3 Å². The molecule has 2 fully saturated rings. The molecule has 0 amide bonds. The van der Waals surface area contributed by atoms with Crippen LogP contribution in [0.1, 0.15) is 41.9 Å². The van der Waals surface area contributed by atoms with Gasteiger partial charge in [0.25, 0.3) is 10.0 Å². The normalized spacial score (nSPS) is 26.9. The van der Waals surface area contributed by atoms with Gasteiger partial charge in [-0.2, -0.15) is 0 Å². The molecule has 1 saturated heterocycles. The second-order valence-electron chi connectivity index (χ2n) is 7.87. The van der Waals surface area contributed by atoms with Crippen molar-refractivity contribution in [2.75, 3.05) is 6.54 Å². The van der Waals surface area contributed by atoms with Crippen LogP contribution >= 0.6 is 0 Å². The third-order valence-corrected chi connectivity index (χ3v) is 8.18. The van der Waals surface area contributed by atoms with Crippen molar-refractivity contribution < 1.29 is 8.42 Å². The first-order valence-corrected chi connectivity index (χ1v) is 10.9. The van der Waals surface area contributed by atoms with E-state index in [0.29, 0.717) is 29.2 Å². The Labute approximate surface area is 155 Å². The first-order chi connectivity index (χ1) is 12.6. The number of benzene rings is 2. The summed E-state index contributed by atoms with van der Waals surface area (Å²) in [5.41, 5.74) is 4.68. The van der Waals surface area contributed by atoms with E-state index in [2.05, 4.69) is 24.3 Å². The van der Waals surface area contributed by atoms with Crippen molar-refractivity contribution in [3.63, 3.8) is 0 Å². The molecule has 0 N–H and O–H groups in total. The zero-order valence-electron chi connectivity index (χ0n) is 14.9. The molecule has 3 atom stereocenters. The molecule has 0 bridgehead atoms. The van der Waals surface area contributed by atoms with E-state index < -0.39 is 10.0 Å². The van der Waals surface area contributed by atoms with Gasteiger partial charge in [-0.15, -0.1) is 0 Å². The minimum absolute atomic E-state index is 0.346. The molecule has 26 heavy (non-hydrogen) atoms. The Bertz CT molecular complexity index is 991. The minimum atomic E-state index is -3.50. The van der Waals surface area contributed by atoms with Crippen LogP contribution in [0, 0.1) is 18.8 Å². The van der Waals surface area contributed by atoms with Crippen LogP contribution in [0.4, 0.5) is 0 Å². The van der Waals surface area contributed by atoms with Crippen molar-refractivity contribution in [2.24, 2.45) is 11.8 Å². The predicted molar refractivity (Wildman–Crippen MR) is 103 cm³/mol. The van der Waals surface area contributed by atoms with E-state index in [4.69, 9.17) is 0 Å². The molecule has 5 rings (SSSR count). The fourth-order valence-electron chi connectivity index (χ4n) is 5.16. The van der Waals surface area contributed by atoms with Gasteiger partial charge in [-0.25, -0.2) is 8.42 Å². The van der Waals surface area contributed by atoms with Crippen molar-refractivity contribution in [3.05, 3.63) is 70.9 Å². The lowest BCUT2D eigenvalue weighted by Gasteiger charge is -2.37. The van der Waals surface area contributed by atoms with Gasteiger partial charge in [-0.1, -0.05) is 48.4 Å². The van der Waals surface area contributed by atoms with E-state index in [9.17, 15) is 8.42 Å². The van der Waals surface area contributed by atoms with Gasteiger partial charge in [-0.05, 0) is 60.9 Å². The maximum atomic E-state index is 13.4. The van der Waals surface area contributed by atoms with Crippen molar-refractivity contribution in [3.8, 4) is 0 Å². The molecule has 4 heteroatoms. The molecular weight excluding hydrogens is 342 g/mol. The molecule has 3 nitrogen and oxygen atoms in total. The Balaban J connectivity index is 1.64. The number of hydrogen-bond acceptors (Lipinski definition) is 2. The number of aryl methyl sites for hydroxylation is 1. The average molecular weight is 365 g/mol. The van der Waals surface area contributed by atoms with Crippen LogP contribution in [0.5, 0.6) is 0 Å². The number of allylic oxidation sites excluding steroid dienone is 1. The fraction of sp³-hybridized carbons (Fsp3) is 0.364. The summed E-state index contributed by atoms with van der Waals surface area (Å²) < 4.78 is 28.5. The van der Waals surface area contributed by atoms with Gasteiger partial charge in [-0.3, -0.25) is 4.31 Å². The van der Waals surface area contributed by atoms with Crippen molar-refractivity contribution in [2.45, 2.75) is 37.0 Å². The largest absolute Gasteiger partial charge is 0.270 e. The molecule has 2 aromatic carbocycles. The van der Waals surface area contributed by atoms with E-state index >= 15 is 0 Å². The zero-order valence-corrected chi connectivity index (χ0v) is 15.7. The van der Waals surface area contributed by atoms with E-state index in [-0.39, 0.29) is 0 Å². The number of rotatable bonds is 2. The summed E-state index contributed by atoms with van der Waals surface area (Å²) in [7, 11) is -3.50. The smallest absolute Gasteiger partial charge is 0.264 e. The number of sulfonamides is 1. The Kier molecular flexibility index (Phi) is 3.54. The lowest BCUT2D eigenvalue weighted by Crippen LogP contribution is -2.29. The van der Waals surface area contributed by atoms with Crippen LogP contribution in [0.3, 0.4) is 0 Å². The van der Waals surface area contributed by atoms with Gasteiger partial charge in [0.05, 0.1) is 4.90 Å². The molecular formula is C22H23NO2S. The third-order valence-electron chi connectivity index (χ3n) is 6.37. The van der Waals surface area contributed by atoms with Crippen LogP contribution in [0.15, 0.2) is 59.1 Å². The van der Waals surface area contributed by atoms with Gasteiger partial charge >= 0.3 is 0 Å². The molecule has 0 unspecified atom stereocenters. The summed E-state index contributed by atoms with van der Waals surface area (Å²) >= 11 is 0. The summed E-state index contributed by atoms with van der Waals surface area (Å²) in [6.07, 6.45) is 5.61. The molecule has 1 heterocycles. The zero-order chi connectivity index (χ0) is 17.9. The Morgan fingerprint density at radius 3 is 2.58 bits per heavy atom. The number of nitrogens with zero attached hydrogens (tertiary/aromatic N) is 1. The Hall–Kier alpha value is -2.07. The summed E-state index contributed by atoms with van der Waals surface area (Å²) in [5, 5.41) is 0. The van der Waals surface area contributed by atoms with Gasteiger partial charge in [0.2, 0.25) is 0 Å². The van der Waals surface area contributed by atoms with Crippen LogP contribution in [-0.2, 0) is 10.0 Å². The lowest BCUT2D eigenvalue weighted by molar-refractivity contribution is 0.272. The molecule has 134 valence electrons. The van der Waals surface area contributed by atoms with Gasteiger partial charge in [0.15, 0.2) is 0 Å². The summed E-state index contributed by atoms with van der Waals surface area (Å²) in [5.74, 6) is 1.25. The number of fused-ring (bicyclic) bond motifs is 2. The molecule has 0 radical (unpaired) electrons. The van der Waals surface area contributed by atoms with Gasteiger partial charge < -0.3 is 0 Å². The monoisotopic (exact) mass is 365 g/mol. The summed E-state index contributed by atoms with van der Waals surface area (Å²) in [6, 6.07) is 15.7. The van der Waals surface area contributed by atoms with Gasteiger partial charge in [0, 0.05) is 18.2 Å². The Morgan fingerprint density at radius 2 is 1.77 bits per heavy atom. The lowest BCUT2D eigenvalue weighted by atomic mass is 9.67. The molecule has 0 aromatic heterocycles. The highest BCUT2D eigenvalue weighted by molar-refractivity contribution is 7.89. The molecule has 0 spiro atoms. The topological polar surface area (TPSA) is 37.4 Å². The van der Waals surface area contributed by atoms with E-state index in [1.165, 1.54) is 17.5 Å². The number of hydrogen-bond donors (Lipinski definition) is 0. The standard InChI is InChI=1S/C22H23NO2S/c1-15-9-11-18(12-10-15)26(24,25)23-14-17-6-4-8-20-19-7-3-2-5-16(19)13-21(23)22(17)20/h2-3,5,7,9-13,17,20,22H,4,6,8,14H2,1H3/t17-,20+,22+/m1/s1. The second kappa shape index (κ2) is 5.71. The molecule has 1 saturated carbocycles. The minimum Gasteiger partial charge on any atom is -0.270 e. The van der Waals surface area contributed by atoms with Crippen molar-refractivity contribution >= 4 is 16.1 Å². The van der Waals surface area contributed by atoms with E-state index in [0.717, 1.165) is 24.1 Å². The highest BCUT2D eigenvalue weighted by atomic mass is 32.2. The summed E-state index contributed by atoms with van der Waals surface area (Å²) in [4.78, 5) is 0.401. The average Bonchev–Trinajstić information content (AvgIpc) is 3.03. The SMILES string of the molecule is Cc1ccc(S(=O)(=O)N2C[C@H]3CCC[C@H]4c5ccccc5C=C2[C@@H]34)cc1.